The second-order valence-corrected chi connectivity index (χ2v) is 6.43. The van der Waals surface area contributed by atoms with Crippen LogP contribution in [0, 0.1) is 5.92 Å². The van der Waals surface area contributed by atoms with Crippen LogP contribution >= 0.6 is 35.5 Å². The Balaban J connectivity index is 0.00000220. The lowest BCUT2D eigenvalue weighted by atomic mass is 10.1. The summed E-state index contributed by atoms with van der Waals surface area (Å²) in [7, 11) is 1.84. The highest BCUT2D eigenvalue weighted by molar-refractivity contribution is 8.01. The second-order valence-electron chi connectivity index (χ2n) is 4.28. The number of aromatic nitrogens is 2. The molecule has 0 radical (unpaired) electrons. The zero-order chi connectivity index (χ0) is 14.4. The van der Waals surface area contributed by atoms with E-state index in [4.69, 9.17) is 0 Å². The van der Waals surface area contributed by atoms with E-state index in [9.17, 15) is 4.79 Å². The van der Waals surface area contributed by atoms with E-state index in [1.165, 1.54) is 11.3 Å². The van der Waals surface area contributed by atoms with Gasteiger partial charge in [-0.3, -0.25) is 4.79 Å². The van der Waals surface area contributed by atoms with Gasteiger partial charge in [-0.1, -0.05) is 30.0 Å². The fourth-order valence-electron chi connectivity index (χ4n) is 1.58. The number of carbonyl (C=O) groups is 1. The van der Waals surface area contributed by atoms with Crippen molar-refractivity contribution in [3.05, 3.63) is 29.8 Å². The quantitative estimate of drug-likeness (QED) is 0.843. The number of anilines is 1. The van der Waals surface area contributed by atoms with Crippen LogP contribution in [-0.2, 0) is 4.79 Å². The van der Waals surface area contributed by atoms with Crippen LogP contribution < -0.4 is 10.6 Å². The largest absolute Gasteiger partial charge is 0.326 e. The van der Waals surface area contributed by atoms with Gasteiger partial charge in [0.1, 0.15) is 5.51 Å². The molecular weight excluding hydrogens is 328 g/mol. The first kappa shape index (κ1) is 17.9. The Labute approximate surface area is 138 Å². The van der Waals surface area contributed by atoms with E-state index in [0.29, 0.717) is 6.54 Å². The topological polar surface area (TPSA) is 66.9 Å². The Morgan fingerprint density at radius 2 is 2.10 bits per heavy atom. The third-order valence-electron chi connectivity index (χ3n) is 2.62. The molecule has 2 aromatic rings. The molecule has 2 N–H and O–H groups in total. The van der Waals surface area contributed by atoms with Crippen molar-refractivity contribution in [3.8, 4) is 0 Å². The molecule has 0 spiro atoms. The second kappa shape index (κ2) is 8.99. The summed E-state index contributed by atoms with van der Waals surface area (Å²) < 4.78 is 0.907. The Morgan fingerprint density at radius 1 is 1.38 bits per heavy atom. The van der Waals surface area contributed by atoms with Crippen molar-refractivity contribution in [1.29, 1.82) is 0 Å². The summed E-state index contributed by atoms with van der Waals surface area (Å²) in [6.45, 7) is 2.56. The van der Waals surface area contributed by atoms with Gasteiger partial charge in [-0.15, -0.1) is 22.6 Å². The van der Waals surface area contributed by atoms with Crippen molar-refractivity contribution in [2.45, 2.75) is 16.2 Å². The maximum atomic E-state index is 11.9. The van der Waals surface area contributed by atoms with Crippen molar-refractivity contribution >= 4 is 47.1 Å². The number of nitrogens with zero attached hydrogens (tertiary/aromatic N) is 2. The molecule has 0 fully saturated rings. The molecule has 0 aliphatic heterocycles. The van der Waals surface area contributed by atoms with Gasteiger partial charge in [0.2, 0.25) is 5.91 Å². The summed E-state index contributed by atoms with van der Waals surface area (Å²) in [6.07, 6.45) is 0. The molecule has 1 unspecified atom stereocenters. The predicted molar refractivity (Wildman–Crippen MR) is 89.4 cm³/mol. The molecule has 1 aromatic carbocycles. The fraction of sp³-hybridized carbons (Fsp3) is 0.308. The Bertz CT molecular complexity index is 548. The molecule has 2 rings (SSSR count). The summed E-state index contributed by atoms with van der Waals surface area (Å²) >= 11 is 3.06. The number of nitrogens with one attached hydrogen (secondary N) is 2. The van der Waals surface area contributed by atoms with E-state index in [0.717, 1.165) is 14.9 Å². The summed E-state index contributed by atoms with van der Waals surface area (Å²) in [4.78, 5) is 12.9. The maximum Gasteiger partial charge on any atom is 0.228 e. The van der Waals surface area contributed by atoms with Gasteiger partial charge in [0, 0.05) is 23.0 Å². The van der Waals surface area contributed by atoms with Crippen molar-refractivity contribution in [2.24, 2.45) is 5.92 Å². The van der Waals surface area contributed by atoms with E-state index < -0.39 is 0 Å². The molecule has 0 aliphatic carbocycles. The zero-order valence-electron chi connectivity index (χ0n) is 11.7. The Morgan fingerprint density at radius 3 is 2.67 bits per heavy atom. The van der Waals surface area contributed by atoms with Crippen LogP contribution in [0.2, 0.25) is 0 Å². The van der Waals surface area contributed by atoms with Gasteiger partial charge in [0.25, 0.3) is 0 Å². The van der Waals surface area contributed by atoms with Crippen LogP contribution in [0.4, 0.5) is 5.69 Å². The third-order valence-corrected chi connectivity index (χ3v) is 4.41. The highest BCUT2D eigenvalue weighted by Crippen LogP contribution is 2.29. The predicted octanol–water partition coefficient (Wildman–Crippen LogP) is 2.91. The molecule has 0 saturated carbocycles. The normalized spacial score (nSPS) is 11.5. The van der Waals surface area contributed by atoms with E-state index in [-0.39, 0.29) is 24.2 Å². The molecule has 1 amide bonds. The van der Waals surface area contributed by atoms with Gasteiger partial charge in [0.15, 0.2) is 4.34 Å². The molecule has 1 atom stereocenters. The average molecular weight is 345 g/mol. The average Bonchev–Trinajstić information content (AvgIpc) is 2.94. The van der Waals surface area contributed by atoms with Crippen LogP contribution in [0.3, 0.4) is 0 Å². The number of amides is 1. The van der Waals surface area contributed by atoms with Gasteiger partial charge in [-0.2, -0.15) is 0 Å². The standard InChI is InChI=1S/C13H16N4OS2.ClH/c1-9(7-14-2)12(18)16-10-3-5-11(6-4-10)20-13-17-15-8-19-13;/h3-6,8-9,14H,7H2,1-2H3,(H,16,18);1H. The van der Waals surface area contributed by atoms with E-state index in [1.54, 1.807) is 17.3 Å². The zero-order valence-corrected chi connectivity index (χ0v) is 14.1. The van der Waals surface area contributed by atoms with Crippen LogP contribution in [0.1, 0.15) is 6.92 Å². The minimum absolute atomic E-state index is 0. The maximum absolute atomic E-state index is 11.9. The third kappa shape index (κ3) is 5.62. The SMILES string of the molecule is CNCC(C)C(=O)Nc1ccc(Sc2nncs2)cc1.Cl. The lowest BCUT2D eigenvalue weighted by molar-refractivity contribution is -0.119. The molecule has 0 bridgehead atoms. The summed E-state index contributed by atoms with van der Waals surface area (Å²) in [5.41, 5.74) is 2.51. The molecule has 5 nitrogen and oxygen atoms in total. The lowest BCUT2D eigenvalue weighted by Gasteiger charge is -2.11. The van der Waals surface area contributed by atoms with Crippen LogP contribution in [0.25, 0.3) is 0 Å². The van der Waals surface area contributed by atoms with Crippen LogP contribution in [0.5, 0.6) is 0 Å². The number of benzene rings is 1. The number of hydrogen-bond donors (Lipinski definition) is 2. The molecule has 0 aliphatic rings. The lowest BCUT2D eigenvalue weighted by Crippen LogP contribution is -2.28. The fourth-order valence-corrected chi connectivity index (χ4v) is 3.03. The van der Waals surface area contributed by atoms with Gasteiger partial charge in [-0.25, -0.2) is 0 Å². The molecule has 114 valence electrons. The molecule has 8 heteroatoms. The minimum atomic E-state index is -0.0598. The van der Waals surface area contributed by atoms with Crippen molar-refractivity contribution in [3.63, 3.8) is 0 Å². The molecule has 1 heterocycles. The molecule has 21 heavy (non-hydrogen) atoms. The van der Waals surface area contributed by atoms with Crippen LogP contribution in [-0.4, -0.2) is 29.7 Å². The van der Waals surface area contributed by atoms with Gasteiger partial charge >= 0.3 is 0 Å². The van der Waals surface area contributed by atoms with Crippen molar-refractivity contribution in [1.82, 2.24) is 15.5 Å². The molecular formula is C13H17ClN4OS2. The summed E-state index contributed by atoms with van der Waals surface area (Å²) in [5, 5.41) is 13.7. The molecule has 1 aromatic heterocycles. The first-order chi connectivity index (χ1) is 9.69. The first-order valence-electron chi connectivity index (χ1n) is 6.18. The highest BCUT2D eigenvalue weighted by Gasteiger charge is 2.11. The first-order valence-corrected chi connectivity index (χ1v) is 7.88. The Hall–Kier alpha value is -1.15. The summed E-state index contributed by atoms with van der Waals surface area (Å²) in [5.74, 6) is -0.0423. The smallest absolute Gasteiger partial charge is 0.228 e. The molecule has 0 saturated heterocycles. The van der Waals surface area contributed by atoms with E-state index in [1.807, 2.05) is 38.2 Å². The van der Waals surface area contributed by atoms with Crippen LogP contribution in [0.15, 0.2) is 39.0 Å². The van der Waals surface area contributed by atoms with Crippen molar-refractivity contribution < 1.29 is 4.79 Å². The van der Waals surface area contributed by atoms with E-state index in [2.05, 4.69) is 20.8 Å². The number of hydrogen-bond acceptors (Lipinski definition) is 6. The highest BCUT2D eigenvalue weighted by atomic mass is 35.5. The monoisotopic (exact) mass is 344 g/mol. The minimum Gasteiger partial charge on any atom is -0.326 e. The number of halogens is 1. The van der Waals surface area contributed by atoms with Gasteiger partial charge in [0.05, 0.1) is 0 Å². The van der Waals surface area contributed by atoms with Crippen molar-refractivity contribution in [2.75, 3.05) is 18.9 Å². The van der Waals surface area contributed by atoms with E-state index >= 15 is 0 Å². The van der Waals surface area contributed by atoms with Gasteiger partial charge < -0.3 is 10.6 Å². The number of rotatable bonds is 6. The Kier molecular flexibility index (Phi) is 7.66. The number of carbonyl (C=O) groups excluding carboxylic acids is 1. The summed E-state index contributed by atoms with van der Waals surface area (Å²) in [6, 6.07) is 7.72. The van der Waals surface area contributed by atoms with Gasteiger partial charge in [-0.05, 0) is 31.3 Å².